The number of hydrogen-bond donors (Lipinski definition) is 1. The van der Waals surface area contributed by atoms with Gasteiger partial charge in [0.25, 0.3) is 11.5 Å². The maximum Gasteiger partial charge on any atom is 0.275 e. The third-order valence-corrected chi connectivity index (χ3v) is 3.24. The van der Waals surface area contributed by atoms with E-state index >= 15 is 0 Å². The largest absolute Gasteiger partial charge is 0.300 e. The number of likely N-dealkylation sites (N-methyl/N-ethyl adjacent to an activating group) is 1. The van der Waals surface area contributed by atoms with Gasteiger partial charge in [-0.2, -0.15) is 5.10 Å². The molecule has 2 heterocycles. The molecule has 110 valence electrons. The van der Waals surface area contributed by atoms with E-state index in [1.807, 2.05) is 6.92 Å². The van der Waals surface area contributed by atoms with E-state index in [1.165, 1.54) is 9.69 Å². The van der Waals surface area contributed by atoms with Crippen LogP contribution in [0.3, 0.4) is 0 Å². The second-order valence-electron chi connectivity index (χ2n) is 4.85. The topological polar surface area (TPSA) is 70.5 Å². The average molecular weight is 286 g/mol. The van der Waals surface area contributed by atoms with Crippen LogP contribution in [0.4, 0.5) is 0 Å². The van der Waals surface area contributed by atoms with Crippen molar-refractivity contribution in [2.45, 2.75) is 13.8 Å². The number of H-pyrrole nitrogens is 1. The lowest BCUT2D eigenvalue weighted by Gasteiger charge is -2.00. The smallest absolute Gasteiger partial charge is 0.275 e. The highest BCUT2D eigenvalue weighted by molar-refractivity contribution is 6.23. The number of carbonyl (C=O) groups is 1. The van der Waals surface area contributed by atoms with Gasteiger partial charge in [-0.15, -0.1) is 0 Å². The van der Waals surface area contributed by atoms with E-state index in [2.05, 4.69) is 10.2 Å². The van der Waals surface area contributed by atoms with E-state index in [0.717, 1.165) is 5.69 Å². The zero-order valence-corrected chi connectivity index (χ0v) is 12.5. The second kappa shape index (κ2) is 5.78. The van der Waals surface area contributed by atoms with Crippen molar-refractivity contribution in [2.75, 3.05) is 7.05 Å². The molecule has 1 aromatic rings. The fourth-order valence-electron chi connectivity index (χ4n) is 2.11. The van der Waals surface area contributed by atoms with E-state index in [0.29, 0.717) is 16.8 Å². The highest BCUT2D eigenvalue weighted by Crippen LogP contribution is 2.12. The summed E-state index contributed by atoms with van der Waals surface area (Å²) >= 11 is 0. The molecule has 0 fully saturated rings. The fourth-order valence-corrected chi connectivity index (χ4v) is 2.11. The third-order valence-electron chi connectivity index (χ3n) is 3.24. The molecule has 1 N–H and O–H groups in total. The van der Waals surface area contributed by atoms with Gasteiger partial charge >= 0.3 is 0 Å². The van der Waals surface area contributed by atoms with Gasteiger partial charge in [-0.3, -0.25) is 19.4 Å². The van der Waals surface area contributed by atoms with Crippen LogP contribution in [0.2, 0.25) is 0 Å². The number of aromatic amines is 1. The summed E-state index contributed by atoms with van der Waals surface area (Å²) in [6.45, 7) is 3.64. The van der Waals surface area contributed by atoms with Crippen molar-refractivity contribution in [3.63, 3.8) is 0 Å². The highest BCUT2D eigenvalue weighted by atomic mass is 16.2. The van der Waals surface area contributed by atoms with Gasteiger partial charge in [-0.05, 0) is 26.0 Å². The normalized spacial score (nSPS) is 17.7. The monoisotopic (exact) mass is 286 g/mol. The predicted octanol–water partition coefficient (Wildman–Crippen LogP) is 1.37. The summed E-state index contributed by atoms with van der Waals surface area (Å²) in [6.07, 6.45) is 8.76. The molecule has 1 aromatic heterocycles. The van der Waals surface area contributed by atoms with E-state index in [-0.39, 0.29) is 11.5 Å². The summed E-state index contributed by atoms with van der Waals surface area (Å²) in [5.74, 6) is -0.114. The Morgan fingerprint density at radius 1 is 1.10 bits per heavy atom. The zero-order valence-electron chi connectivity index (χ0n) is 12.5. The minimum Gasteiger partial charge on any atom is -0.300 e. The Morgan fingerprint density at radius 3 is 2.33 bits per heavy atom. The maximum atomic E-state index is 11.8. The molecular formula is C15H18N4O2. The Balaban J connectivity index is 2.10. The summed E-state index contributed by atoms with van der Waals surface area (Å²) in [5.41, 5.74) is 2.67. The number of hydrogen-bond acceptors (Lipinski definition) is 3. The molecule has 1 amide bonds. The lowest BCUT2D eigenvalue weighted by Crippen LogP contribution is -2.16. The molecule has 0 unspecified atom stereocenters. The first kappa shape index (κ1) is 14.8. The summed E-state index contributed by atoms with van der Waals surface area (Å²) in [7, 11) is 3.30. The van der Waals surface area contributed by atoms with Gasteiger partial charge in [0, 0.05) is 19.8 Å². The van der Waals surface area contributed by atoms with Crippen LogP contribution in [0.15, 0.2) is 39.8 Å². The molecule has 6 nitrogen and oxygen atoms in total. The number of nitrogens with zero attached hydrogens (tertiary/aromatic N) is 3. The molecule has 1 aliphatic heterocycles. The highest BCUT2D eigenvalue weighted by Gasteiger charge is 2.23. The molecular weight excluding hydrogens is 268 g/mol. The Labute approximate surface area is 122 Å². The van der Waals surface area contributed by atoms with Crippen LogP contribution < -0.4 is 5.56 Å². The number of aryl methyl sites for hydroxylation is 2. The van der Waals surface area contributed by atoms with Gasteiger partial charge in [0.2, 0.25) is 0 Å². The van der Waals surface area contributed by atoms with E-state index in [9.17, 15) is 9.59 Å². The number of amides is 1. The molecule has 0 spiro atoms. The van der Waals surface area contributed by atoms with Crippen LogP contribution >= 0.6 is 0 Å². The van der Waals surface area contributed by atoms with Crippen molar-refractivity contribution >= 4 is 17.7 Å². The molecule has 1 aliphatic rings. The summed E-state index contributed by atoms with van der Waals surface area (Å²) in [6, 6.07) is 0. The first-order valence-corrected chi connectivity index (χ1v) is 6.56. The van der Waals surface area contributed by atoms with Crippen LogP contribution in [0.25, 0.3) is 6.08 Å². The number of hydrazone groups is 1. The second-order valence-corrected chi connectivity index (χ2v) is 4.85. The van der Waals surface area contributed by atoms with Crippen LogP contribution in [0.1, 0.15) is 18.2 Å². The summed E-state index contributed by atoms with van der Waals surface area (Å²) < 4.78 is 1.44. The lowest BCUT2D eigenvalue weighted by atomic mass is 10.1. The van der Waals surface area contributed by atoms with Crippen molar-refractivity contribution in [3.05, 3.63) is 51.5 Å². The molecule has 0 saturated heterocycles. The molecule has 0 saturated carbocycles. The molecule has 0 atom stereocenters. The Hall–Kier alpha value is -2.63. The number of allylic oxidation sites excluding steroid dienone is 4. The number of aromatic nitrogens is 2. The van der Waals surface area contributed by atoms with E-state index in [4.69, 9.17) is 0 Å². The van der Waals surface area contributed by atoms with E-state index < -0.39 is 0 Å². The van der Waals surface area contributed by atoms with Crippen molar-refractivity contribution in [2.24, 2.45) is 12.1 Å². The minimum atomic E-state index is -0.114. The van der Waals surface area contributed by atoms with Crippen LogP contribution in [0.5, 0.6) is 0 Å². The van der Waals surface area contributed by atoms with Crippen molar-refractivity contribution in [3.8, 4) is 0 Å². The lowest BCUT2D eigenvalue weighted by molar-refractivity contribution is -0.124. The number of nitrogens with one attached hydrogen (secondary N) is 1. The van der Waals surface area contributed by atoms with Crippen molar-refractivity contribution in [1.82, 2.24) is 14.8 Å². The van der Waals surface area contributed by atoms with E-state index in [1.54, 1.807) is 51.4 Å². The first-order valence-electron chi connectivity index (χ1n) is 6.56. The van der Waals surface area contributed by atoms with Crippen molar-refractivity contribution in [1.29, 1.82) is 0 Å². The zero-order chi connectivity index (χ0) is 15.6. The average Bonchev–Trinajstić information content (AvgIpc) is 2.80. The quantitative estimate of drug-likeness (QED) is 0.673. The number of carbonyl (C=O) groups excluding carboxylic acids is 1. The third kappa shape index (κ3) is 2.94. The van der Waals surface area contributed by atoms with Gasteiger partial charge < -0.3 is 0 Å². The summed E-state index contributed by atoms with van der Waals surface area (Å²) in [4.78, 5) is 23.5. The SMILES string of the molecule is CC1=NN(C)C(=O)C1=CC=CC=Cc1c(C)[nH]n(C)c1=O. The molecule has 2 rings (SSSR count). The molecule has 6 heteroatoms. The predicted molar refractivity (Wildman–Crippen MR) is 82.9 cm³/mol. The summed E-state index contributed by atoms with van der Waals surface area (Å²) in [5, 5.41) is 8.30. The van der Waals surface area contributed by atoms with Gasteiger partial charge in [0.15, 0.2) is 0 Å². The molecule has 0 radical (unpaired) electrons. The Kier molecular flexibility index (Phi) is 4.07. The van der Waals surface area contributed by atoms with Gasteiger partial charge in [-0.1, -0.05) is 18.2 Å². The fraction of sp³-hybridized carbons (Fsp3) is 0.267. The minimum absolute atomic E-state index is 0.0638. The molecule has 0 aromatic carbocycles. The molecule has 21 heavy (non-hydrogen) atoms. The first-order chi connectivity index (χ1) is 9.91. The number of rotatable bonds is 3. The van der Waals surface area contributed by atoms with Gasteiger partial charge in [-0.25, -0.2) is 5.01 Å². The van der Waals surface area contributed by atoms with Gasteiger partial charge in [0.05, 0.1) is 16.8 Å². The van der Waals surface area contributed by atoms with Crippen LogP contribution in [-0.4, -0.2) is 33.5 Å². The van der Waals surface area contributed by atoms with Gasteiger partial charge in [0.1, 0.15) is 0 Å². The van der Waals surface area contributed by atoms with Crippen molar-refractivity contribution < 1.29 is 4.79 Å². The Bertz CT molecular complexity index is 744. The molecule has 0 aliphatic carbocycles. The standard InChI is InChI=1S/C15H18N4O2/c1-10-12(14(20)18(3)16-10)8-6-5-7-9-13-11(2)17-19(4)15(13)21/h5-9,16H,1-4H3. The van der Waals surface area contributed by atoms with Crippen LogP contribution in [0, 0.1) is 6.92 Å². The Morgan fingerprint density at radius 2 is 1.81 bits per heavy atom. The maximum absolute atomic E-state index is 11.8. The molecule has 0 bridgehead atoms. The van der Waals surface area contributed by atoms with Crippen LogP contribution in [-0.2, 0) is 11.8 Å².